The minimum atomic E-state index is -0.104. The molecule has 3 rings (SSSR count). The number of carbonyl (C=O) groups excluding carboxylic acids is 1. The molecule has 26 heavy (non-hydrogen) atoms. The number of para-hydroxylation sites is 1. The number of benzene rings is 3. The lowest BCUT2D eigenvalue weighted by Gasteiger charge is -2.06. The Bertz CT molecular complexity index is 898. The molecular weight excluding hydrogens is 340 g/mol. The van der Waals surface area contributed by atoms with Crippen LogP contribution < -0.4 is 5.32 Å². The number of hydrogen-bond donors (Lipinski definition) is 1. The quantitative estimate of drug-likeness (QED) is 0.655. The number of nitrogens with one attached hydrogen (secondary N) is 1. The second kappa shape index (κ2) is 8.89. The molecule has 0 aliphatic heterocycles. The Kier molecular flexibility index (Phi) is 6.08. The zero-order chi connectivity index (χ0) is 18.2. The lowest BCUT2D eigenvalue weighted by Crippen LogP contribution is -2.11. The van der Waals surface area contributed by atoms with Crippen LogP contribution in [0.3, 0.4) is 0 Å². The number of rotatable bonds is 6. The predicted molar refractivity (Wildman–Crippen MR) is 107 cm³/mol. The Morgan fingerprint density at radius 1 is 0.846 bits per heavy atom. The van der Waals surface area contributed by atoms with E-state index in [2.05, 4.69) is 11.4 Å². The summed E-state index contributed by atoms with van der Waals surface area (Å²) in [6.07, 6.45) is 0. The van der Waals surface area contributed by atoms with E-state index in [1.807, 2.05) is 78.9 Å². The van der Waals surface area contributed by atoms with Gasteiger partial charge >= 0.3 is 0 Å². The molecule has 3 nitrogen and oxygen atoms in total. The fourth-order valence-electron chi connectivity index (χ4n) is 2.44. The van der Waals surface area contributed by atoms with Crippen molar-refractivity contribution in [1.82, 2.24) is 0 Å². The number of anilines is 1. The molecule has 4 heteroatoms. The molecule has 0 saturated carbocycles. The molecule has 0 fully saturated rings. The van der Waals surface area contributed by atoms with Gasteiger partial charge in [-0.3, -0.25) is 4.79 Å². The third-order valence-electron chi connectivity index (χ3n) is 3.87. The van der Waals surface area contributed by atoms with Crippen LogP contribution in [0.4, 0.5) is 5.69 Å². The Morgan fingerprint density at radius 2 is 1.42 bits per heavy atom. The average molecular weight is 358 g/mol. The maximum absolute atomic E-state index is 12.2. The van der Waals surface area contributed by atoms with Crippen LogP contribution in [-0.4, -0.2) is 5.91 Å². The smallest absolute Gasteiger partial charge is 0.255 e. The van der Waals surface area contributed by atoms with Gasteiger partial charge in [-0.05, 0) is 47.5 Å². The van der Waals surface area contributed by atoms with Crippen molar-refractivity contribution in [2.75, 3.05) is 5.32 Å². The van der Waals surface area contributed by atoms with E-state index in [1.165, 1.54) is 11.1 Å². The van der Waals surface area contributed by atoms with Crippen LogP contribution in [0.15, 0.2) is 78.9 Å². The lowest BCUT2D eigenvalue weighted by molar-refractivity contribution is 0.102. The molecule has 0 heterocycles. The summed E-state index contributed by atoms with van der Waals surface area (Å²) in [5, 5.41) is 11.7. The number of carbonyl (C=O) groups is 1. The highest BCUT2D eigenvalue weighted by molar-refractivity contribution is 7.97. The number of hydrogen-bond acceptors (Lipinski definition) is 3. The van der Waals surface area contributed by atoms with Gasteiger partial charge in [-0.15, -0.1) is 0 Å². The van der Waals surface area contributed by atoms with Crippen LogP contribution in [0.5, 0.6) is 0 Å². The molecule has 0 saturated heterocycles. The van der Waals surface area contributed by atoms with E-state index < -0.39 is 0 Å². The fraction of sp³-hybridized carbons (Fsp3) is 0.0909. The zero-order valence-corrected chi connectivity index (χ0v) is 15.0. The summed E-state index contributed by atoms with van der Waals surface area (Å²) >= 11 is 1.81. The van der Waals surface area contributed by atoms with Crippen LogP contribution in [-0.2, 0) is 11.5 Å². The average Bonchev–Trinajstić information content (AvgIpc) is 2.70. The van der Waals surface area contributed by atoms with E-state index in [-0.39, 0.29) is 5.91 Å². The van der Waals surface area contributed by atoms with Gasteiger partial charge in [0.25, 0.3) is 5.91 Å². The molecule has 3 aromatic rings. The highest BCUT2D eigenvalue weighted by atomic mass is 32.2. The third-order valence-corrected chi connectivity index (χ3v) is 4.94. The first-order valence-corrected chi connectivity index (χ1v) is 9.42. The minimum absolute atomic E-state index is 0.104. The molecule has 128 valence electrons. The van der Waals surface area contributed by atoms with Gasteiger partial charge in [-0.2, -0.15) is 17.0 Å². The summed E-state index contributed by atoms with van der Waals surface area (Å²) in [5.41, 5.74) is 4.50. The second-order valence-electron chi connectivity index (χ2n) is 5.82. The van der Waals surface area contributed by atoms with Crippen molar-refractivity contribution in [1.29, 1.82) is 5.26 Å². The summed E-state index contributed by atoms with van der Waals surface area (Å²) < 4.78 is 0. The highest BCUT2D eigenvalue weighted by Crippen LogP contribution is 2.19. The minimum Gasteiger partial charge on any atom is -0.322 e. The van der Waals surface area contributed by atoms with E-state index in [1.54, 1.807) is 11.8 Å². The summed E-state index contributed by atoms with van der Waals surface area (Å²) in [5.74, 6) is 1.66. The number of nitrogens with zero attached hydrogens (tertiary/aromatic N) is 1. The van der Waals surface area contributed by atoms with Crippen molar-refractivity contribution in [3.05, 3.63) is 101 Å². The van der Waals surface area contributed by atoms with E-state index in [0.29, 0.717) is 11.1 Å². The third kappa shape index (κ3) is 4.98. The van der Waals surface area contributed by atoms with Crippen molar-refractivity contribution in [2.24, 2.45) is 0 Å². The standard InChI is InChI=1S/C22H18N2OS/c23-14-17-6-8-18(9-7-17)15-26-16-19-10-12-20(13-11-19)22(25)24-21-4-2-1-3-5-21/h1-13H,15-16H2,(H,24,25). The SMILES string of the molecule is N#Cc1ccc(CSCc2ccc(C(=O)Nc3ccccc3)cc2)cc1. The molecule has 0 aromatic heterocycles. The van der Waals surface area contributed by atoms with E-state index >= 15 is 0 Å². The molecule has 0 radical (unpaired) electrons. The summed E-state index contributed by atoms with van der Waals surface area (Å²) in [4.78, 5) is 12.2. The van der Waals surface area contributed by atoms with Crippen molar-refractivity contribution in [3.8, 4) is 6.07 Å². The molecule has 0 unspecified atom stereocenters. The first kappa shape index (κ1) is 17.8. The molecule has 0 atom stereocenters. The molecule has 3 aromatic carbocycles. The van der Waals surface area contributed by atoms with Crippen molar-refractivity contribution in [2.45, 2.75) is 11.5 Å². The normalized spacial score (nSPS) is 10.1. The largest absolute Gasteiger partial charge is 0.322 e. The molecule has 0 spiro atoms. The Balaban J connectivity index is 1.51. The summed E-state index contributed by atoms with van der Waals surface area (Å²) in [6, 6.07) is 26.9. The van der Waals surface area contributed by atoms with Gasteiger partial charge in [0.2, 0.25) is 0 Å². The lowest BCUT2D eigenvalue weighted by atomic mass is 10.1. The van der Waals surface area contributed by atoms with Gasteiger partial charge in [0.05, 0.1) is 11.6 Å². The highest BCUT2D eigenvalue weighted by Gasteiger charge is 2.06. The maximum atomic E-state index is 12.2. The predicted octanol–water partition coefficient (Wildman–Crippen LogP) is 5.24. The Hall–Kier alpha value is -3.03. The first-order valence-electron chi connectivity index (χ1n) is 8.27. The second-order valence-corrected chi connectivity index (χ2v) is 6.80. The van der Waals surface area contributed by atoms with Crippen LogP contribution in [0.25, 0.3) is 0 Å². The molecule has 0 bridgehead atoms. The van der Waals surface area contributed by atoms with Gasteiger partial charge in [-0.25, -0.2) is 0 Å². The van der Waals surface area contributed by atoms with Crippen molar-refractivity contribution in [3.63, 3.8) is 0 Å². The first-order chi connectivity index (χ1) is 12.7. The molecule has 1 amide bonds. The summed E-state index contributed by atoms with van der Waals surface area (Å²) in [7, 11) is 0. The van der Waals surface area contributed by atoms with Gasteiger partial charge < -0.3 is 5.32 Å². The van der Waals surface area contributed by atoms with E-state index in [9.17, 15) is 4.79 Å². The summed E-state index contributed by atoms with van der Waals surface area (Å²) in [6.45, 7) is 0. The van der Waals surface area contributed by atoms with Crippen molar-refractivity contribution >= 4 is 23.4 Å². The van der Waals surface area contributed by atoms with Crippen LogP contribution in [0, 0.1) is 11.3 Å². The van der Waals surface area contributed by atoms with Gasteiger partial charge in [-0.1, -0.05) is 42.5 Å². The van der Waals surface area contributed by atoms with Crippen LogP contribution in [0.2, 0.25) is 0 Å². The van der Waals surface area contributed by atoms with Crippen LogP contribution >= 0.6 is 11.8 Å². The number of nitriles is 1. The van der Waals surface area contributed by atoms with Gasteiger partial charge in [0, 0.05) is 22.8 Å². The topological polar surface area (TPSA) is 52.9 Å². The number of thioether (sulfide) groups is 1. The number of amides is 1. The molecular formula is C22H18N2OS. The van der Waals surface area contributed by atoms with E-state index in [4.69, 9.17) is 5.26 Å². The Labute approximate surface area is 157 Å². The van der Waals surface area contributed by atoms with Crippen LogP contribution in [0.1, 0.15) is 27.0 Å². The van der Waals surface area contributed by atoms with E-state index in [0.717, 1.165) is 17.2 Å². The molecule has 1 N–H and O–H groups in total. The molecule has 0 aliphatic rings. The molecule has 0 aliphatic carbocycles. The van der Waals surface area contributed by atoms with Crippen molar-refractivity contribution < 1.29 is 4.79 Å². The maximum Gasteiger partial charge on any atom is 0.255 e. The zero-order valence-electron chi connectivity index (χ0n) is 14.2. The van der Waals surface area contributed by atoms with Gasteiger partial charge in [0.15, 0.2) is 0 Å². The monoisotopic (exact) mass is 358 g/mol. The van der Waals surface area contributed by atoms with Gasteiger partial charge in [0.1, 0.15) is 0 Å². The fourth-order valence-corrected chi connectivity index (χ4v) is 3.40. The Morgan fingerprint density at radius 3 is 2.00 bits per heavy atom.